The van der Waals surface area contributed by atoms with Gasteiger partial charge in [0.15, 0.2) is 6.23 Å². The number of fused-ring (bicyclic) bond motifs is 1. The molecule has 4 heteroatoms. The van der Waals surface area contributed by atoms with E-state index in [4.69, 9.17) is 0 Å². The number of hydrogen-bond donors (Lipinski definition) is 2. The quantitative estimate of drug-likeness (QED) is 0.897. The number of nitrogens with zero attached hydrogens (tertiary/aromatic N) is 1. The molecule has 2 aliphatic heterocycles. The van der Waals surface area contributed by atoms with Crippen molar-refractivity contribution in [1.29, 1.82) is 0 Å². The van der Waals surface area contributed by atoms with E-state index in [1.807, 2.05) is 30.3 Å². The van der Waals surface area contributed by atoms with E-state index in [1.54, 1.807) is 6.07 Å². The number of aliphatic hydroxyl groups is 1. The fourth-order valence-corrected chi connectivity index (χ4v) is 3.64. The van der Waals surface area contributed by atoms with E-state index in [9.17, 15) is 9.90 Å². The Balaban J connectivity index is 1.68. The van der Waals surface area contributed by atoms with E-state index in [2.05, 4.69) is 17.4 Å². The van der Waals surface area contributed by atoms with Gasteiger partial charge in [-0.25, -0.2) is 0 Å². The summed E-state index contributed by atoms with van der Waals surface area (Å²) in [6.07, 6.45) is 1.32. The average Bonchev–Trinajstić information content (AvgIpc) is 2.87. The zero-order chi connectivity index (χ0) is 15.8. The first-order valence-electron chi connectivity index (χ1n) is 8.17. The lowest BCUT2D eigenvalue weighted by Crippen LogP contribution is -2.28. The second kappa shape index (κ2) is 5.80. The summed E-state index contributed by atoms with van der Waals surface area (Å²) in [6, 6.07) is 15.3. The Morgan fingerprint density at radius 2 is 1.83 bits per heavy atom. The summed E-state index contributed by atoms with van der Waals surface area (Å²) in [5, 5.41) is 13.9. The molecule has 0 aliphatic carbocycles. The van der Waals surface area contributed by atoms with E-state index >= 15 is 0 Å². The minimum atomic E-state index is -0.901. The molecule has 0 spiro atoms. The number of nitrogens with one attached hydrogen (secondary N) is 1. The Labute approximate surface area is 135 Å². The van der Waals surface area contributed by atoms with Crippen LogP contribution in [0.3, 0.4) is 0 Å². The van der Waals surface area contributed by atoms with Gasteiger partial charge in [-0.15, -0.1) is 0 Å². The third-order valence-electron chi connectivity index (χ3n) is 4.89. The van der Waals surface area contributed by atoms with E-state index < -0.39 is 6.23 Å². The highest BCUT2D eigenvalue weighted by atomic mass is 16.3. The monoisotopic (exact) mass is 308 g/mol. The summed E-state index contributed by atoms with van der Waals surface area (Å²) in [4.78, 5) is 14.1. The average molecular weight is 308 g/mol. The molecule has 1 amide bonds. The highest BCUT2D eigenvalue weighted by Crippen LogP contribution is 2.37. The largest absolute Gasteiger partial charge is 0.369 e. The number of benzene rings is 2. The van der Waals surface area contributed by atoms with Crippen LogP contribution in [-0.2, 0) is 0 Å². The minimum Gasteiger partial charge on any atom is -0.369 e. The van der Waals surface area contributed by atoms with Gasteiger partial charge in [0.05, 0.1) is 0 Å². The van der Waals surface area contributed by atoms with E-state index in [1.165, 1.54) is 10.5 Å². The molecule has 118 valence electrons. The van der Waals surface area contributed by atoms with Crippen molar-refractivity contribution in [2.45, 2.75) is 25.0 Å². The number of aliphatic hydroxyl groups excluding tert-OH is 1. The van der Waals surface area contributed by atoms with Gasteiger partial charge in [0.2, 0.25) is 0 Å². The first-order valence-corrected chi connectivity index (χ1v) is 8.17. The van der Waals surface area contributed by atoms with Gasteiger partial charge in [0.25, 0.3) is 5.91 Å². The molecule has 4 rings (SSSR count). The van der Waals surface area contributed by atoms with Crippen LogP contribution in [-0.4, -0.2) is 24.1 Å². The van der Waals surface area contributed by atoms with Crippen LogP contribution < -0.4 is 10.2 Å². The van der Waals surface area contributed by atoms with Crippen LogP contribution in [0, 0.1) is 0 Å². The fraction of sp³-hybridized carbons (Fsp3) is 0.316. The van der Waals surface area contributed by atoms with Gasteiger partial charge in [-0.3, -0.25) is 9.69 Å². The molecule has 2 aliphatic rings. The number of amides is 1. The lowest BCUT2D eigenvalue weighted by molar-refractivity contribution is 0.0935. The van der Waals surface area contributed by atoms with Crippen molar-refractivity contribution in [3.8, 4) is 0 Å². The summed E-state index contributed by atoms with van der Waals surface area (Å²) in [7, 11) is 0. The fourth-order valence-electron chi connectivity index (χ4n) is 3.64. The molecular formula is C19H20N2O2. The summed E-state index contributed by atoms with van der Waals surface area (Å²) < 4.78 is 0. The van der Waals surface area contributed by atoms with Crippen molar-refractivity contribution in [3.63, 3.8) is 0 Å². The third kappa shape index (κ3) is 2.44. The lowest BCUT2D eigenvalue weighted by atomic mass is 9.90. The van der Waals surface area contributed by atoms with Crippen molar-refractivity contribution in [2.75, 3.05) is 18.0 Å². The maximum absolute atomic E-state index is 12.7. The molecule has 1 unspecified atom stereocenters. The predicted molar refractivity (Wildman–Crippen MR) is 89.5 cm³/mol. The van der Waals surface area contributed by atoms with E-state index in [0.717, 1.165) is 31.6 Å². The third-order valence-corrected chi connectivity index (χ3v) is 4.89. The molecule has 4 nitrogen and oxygen atoms in total. The second-order valence-corrected chi connectivity index (χ2v) is 6.26. The normalized spacial score (nSPS) is 21.5. The molecule has 0 saturated carbocycles. The molecule has 2 aromatic rings. The smallest absolute Gasteiger partial charge is 0.261 e. The molecule has 1 fully saturated rings. The zero-order valence-electron chi connectivity index (χ0n) is 12.9. The van der Waals surface area contributed by atoms with Crippen LogP contribution >= 0.6 is 0 Å². The van der Waals surface area contributed by atoms with E-state index in [-0.39, 0.29) is 5.91 Å². The maximum atomic E-state index is 12.7. The molecule has 2 aromatic carbocycles. The Bertz CT molecular complexity index is 738. The van der Waals surface area contributed by atoms with Crippen molar-refractivity contribution in [3.05, 3.63) is 65.2 Å². The van der Waals surface area contributed by atoms with Gasteiger partial charge < -0.3 is 10.4 Å². The second-order valence-electron chi connectivity index (χ2n) is 6.26. The predicted octanol–water partition coefficient (Wildman–Crippen LogP) is 2.80. The number of hydrogen-bond acceptors (Lipinski definition) is 3. The topological polar surface area (TPSA) is 52.6 Å². The van der Waals surface area contributed by atoms with Crippen LogP contribution in [0.25, 0.3) is 0 Å². The standard InChI is InChI=1S/C19H20N2O2/c22-18-16-6-1-2-7-17(16)19(23)21(18)15-5-3-4-14(12-15)13-8-10-20-11-9-13/h1-7,12-13,18,20,22H,8-11H2. The van der Waals surface area contributed by atoms with Gasteiger partial charge in [0, 0.05) is 16.8 Å². The summed E-state index contributed by atoms with van der Waals surface area (Å²) in [5.74, 6) is 0.393. The molecule has 2 N–H and O–H groups in total. The summed E-state index contributed by atoms with van der Waals surface area (Å²) in [6.45, 7) is 2.07. The molecule has 1 atom stereocenters. The number of anilines is 1. The van der Waals surface area contributed by atoms with Crippen LogP contribution in [0.2, 0.25) is 0 Å². The van der Waals surface area contributed by atoms with Crippen molar-refractivity contribution < 1.29 is 9.90 Å². The van der Waals surface area contributed by atoms with Crippen LogP contribution in [0.5, 0.6) is 0 Å². The number of carbonyl (C=O) groups excluding carboxylic acids is 1. The van der Waals surface area contributed by atoms with Crippen LogP contribution in [0.15, 0.2) is 48.5 Å². The molecule has 2 heterocycles. The highest BCUT2D eigenvalue weighted by molar-refractivity contribution is 6.10. The maximum Gasteiger partial charge on any atom is 0.261 e. The van der Waals surface area contributed by atoms with Crippen LogP contribution in [0.4, 0.5) is 5.69 Å². The van der Waals surface area contributed by atoms with Gasteiger partial charge in [-0.1, -0.05) is 30.3 Å². The number of carbonyl (C=O) groups is 1. The Hall–Kier alpha value is -2.17. The Morgan fingerprint density at radius 3 is 2.61 bits per heavy atom. The number of rotatable bonds is 2. The van der Waals surface area contributed by atoms with Gasteiger partial charge >= 0.3 is 0 Å². The van der Waals surface area contributed by atoms with Gasteiger partial charge in [-0.05, 0) is 55.6 Å². The first kappa shape index (κ1) is 14.4. The first-order chi connectivity index (χ1) is 11.3. The van der Waals surface area contributed by atoms with E-state index in [0.29, 0.717) is 17.0 Å². The minimum absolute atomic E-state index is 0.129. The molecule has 0 radical (unpaired) electrons. The zero-order valence-corrected chi connectivity index (χ0v) is 12.9. The van der Waals surface area contributed by atoms with Crippen LogP contribution in [0.1, 0.15) is 46.5 Å². The molecule has 1 saturated heterocycles. The molecule has 0 bridgehead atoms. The molecule has 23 heavy (non-hydrogen) atoms. The molecular weight excluding hydrogens is 288 g/mol. The summed E-state index contributed by atoms with van der Waals surface area (Å²) in [5.41, 5.74) is 3.30. The summed E-state index contributed by atoms with van der Waals surface area (Å²) >= 11 is 0. The Morgan fingerprint density at radius 1 is 1.04 bits per heavy atom. The van der Waals surface area contributed by atoms with Crippen molar-refractivity contribution in [2.24, 2.45) is 0 Å². The lowest BCUT2D eigenvalue weighted by Gasteiger charge is -2.26. The highest BCUT2D eigenvalue weighted by Gasteiger charge is 2.36. The Kier molecular flexibility index (Phi) is 3.63. The van der Waals surface area contributed by atoms with Gasteiger partial charge in [-0.2, -0.15) is 0 Å². The SMILES string of the molecule is O=C1c2ccccc2C(O)N1c1cccc(C2CCNCC2)c1. The molecule has 0 aromatic heterocycles. The van der Waals surface area contributed by atoms with Crippen molar-refractivity contribution in [1.82, 2.24) is 5.32 Å². The van der Waals surface area contributed by atoms with Crippen molar-refractivity contribution >= 4 is 11.6 Å². The number of piperidine rings is 1. The van der Waals surface area contributed by atoms with Gasteiger partial charge in [0.1, 0.15) is 0 Å².